The molecule has 1 unspecified atom stereocenters. The summed E-state index contributed by atoms with van der Waals surface area (Å²) in [7, 11) is 0. The van der Waals surface area contributed by atoms with Gasteiger partial charge < -0.3 is 15.7 Å². The van der Waals surface area contributed by atoms with Crippen LogP contribution in [0.3, 0.4) is 0 Å². The Balaban J connectivity index is 1.39. The van der Waals surface area contributed by atoms with Crippen molar-refractivity contribution in [3.8, 4) is 0 Å². The fourth-order valence-corrected chi connectivity index (χ4v) is 4.23. The van der Waals surface area contributed by atoms with Gasteiger partial charge in [-0.3, -0.25) is 14.2 Å². The van der Waals surface area contributed by atoms with E-state index in [1.165, 1.54) is 10.9 Å². The Morgan fingerprint density at radius 1 is 1.19 bits per heavy atom. The fraction of sp³-hybridized carbons (Fsp3) is 0.375. The average Bonchev–Trinajstić information content (AvgIpc) is 2.76. The lowest BCUT2D eigenvalue weighted by Crippen LogP contribution is -2.49. The Morgan fingerprint density at radius 2 is 1.90 bits per heavy atom. The second-order valence-corrected chi connectivity index (χ2v) is 8.58. The van der Waals surface area contributed by atoms with Crippen LogP contribution in [0.15, 0.2) is 59.7 Å². The number of likely N-dealkylation sites (tertiary alicyclic amines) is 1. The first kappa shape index (κ1) is 21.1. The standard InChI is InChI=1S/C24H28N4O3/c1-17(18-5-3-2-4-6-18)13-22(29)27-11-9-24(31,10-12-27)15-28-16-26-21-14-19(25)7-8-20(21)23(28)30/h2-8,14,16-17,31H,9-13,15,25H2,1H3. The number of anilines is 1. The maximum absolute atomic E-state index is 12.8. The zero-order chi connectivity index (χ0) is 22.0. The summed E-state index contributed by atoms with van der Waals surface area (Å²) in [6.45, 7) is 3.16. The van der Waals surface area contributed by atoms with Crippen LogP contribution in [0.4, 0.5) is 5.69 Å². The molecule has 3 aromatic rings. The number of hydrogen-bond acceptors (Lipinski definition) is 5. The Labute approximate surface area is 181 Å². The minimum Gasteiger partial charge on any atom is -0.399 e. The van der Waals surface area contributed by atoms with Crippen molar-refractivity contribution in [3.63, 3.8) is 0 Å². The number of carbonyl (C=O) groups is 1. The van der Waals surface area contributed by atoms with Crippen molar-refractivity contribution < 1.29 is 9.90 Å². The van der Waals surface area contributed by atoms with E-state index in [-0.39, 0.29) is 23.9 Å². The predicted molar refractivity (Wildman–Crippen MR) is 121 cm³/mol. The van der Waals surface area contributed by atoms with Crippen LogP contribution in [-0.4, -0.2) is 44.2 Å². The summed E-state index contributed by atoms with van der Waals surface area (Å²) in [6.07, 6.45) is 2.75. The predicted octanol–water partition coefficient (Wildman–Crippen LogP) is 2.53. The lowest BCUT2D eigenvalue weighted by molar-refractivity contribution is -0.136. The molecule has 2 heterocycles. The molecule has 31 heavy (non-hydrogen) atoms. The maximum atomic E-state index is 12.8. The summed E-state index contributed by atoms with van der Waals surface area (Å²) < 4.78 is 1.45. The molecule has 1 aromatic heterocycles. The Hall–Kier alpha value is -3.19. The van der Waals surface area contributed by atoms with Gasteiger partial charge in [0.2, 0.25) is 5.91 Å². The highest BCUT2D eigenvalue weighted by molar-refractivity contribution is 5.80. The number of nitrogens with two attached hydrogens (primary N) is 1. The lowest BCUT2D eigenvalue weighted by atomic mass is 9.90. The number of nitrogens with zero attached hydrogens (tertiary/aromatic N) is 3. The molecule has 0 saturated carbocycles. The van der Waals surface area contributed by atoms with Crippen LogP contribution < -0.4 is 11.3 Å². The van der Waals surface area contributed by atoms with E-state index in [9.17, 15) is 14.7 Å². The minimum absolute atomic E-state index is 0.0977. The number of fused-ring (bicyclic) bond motifs is 1. The van der Waals surface area contributed by atoms with E-state index in [0.29, 0.717) is 48.9 Å². The van der Waals surface area contributed by atoms with Gasteiger partial charge in [-0.05, 0) is 42.5 Å². The number of benzene rings is 2. The van der Waals surface area contributed by atoms with E-state index in [4.69, 9.17) is 5.73 Å². The highest BCUT2D eigenvalue weighted by atomic mass is 16.3. The lowest BCUT2D eigenvalue weighted by Gasteiger charge is -2.38. The van der Waals surface area contributed by atoms with E-state index >= 15 is 0 Å². The second-order valence-electron chi connectivity index (χ2n) is 8.58. The van der Waals surface area contributed by atoms with Gasteiger partial charge in [0.25, 0.3) is 5.56 Å². The summed E-state index contributed by atoms with van der Waals surface area (Å²) >= 11 is 0. The van der Waals surface area contributed by atoms with Gasteiger partial charge in [0.15, 0.2) is 0 Å². The number of piperidine rings is 1. The van der Waals surface area contributed by atoms with Gasteiger partial charge in [-0.25, -0.2) is 4.98 Å². The van der Waals surface area contributed by atoms with Gasteiger partial charge in [-0.1, -0.05) is 37.3 Å². The molecular formula is C24H28N4O3. The number of carbonyl (C=O) groups excluding carboxylic acids is 1. The zero-order valence-corrected chi connectivity index (χ0v) is 17.7. The molecule has 0 spiro atoms. The Morgan fingerprint density at radius 3 is 2.61 bits per heavy atom. The van der Waals surface area contributed by atoms with E-state index in [2.05, 4.69) is 11.9 Å². The van der Waals surface area contributed by atoms with Gasteiger partial charge in [0.05, 0.1) is 29.4 Å². The molecule has 0 radical (unpaired) electrons. The molecule has 2 aromatic carbocycles. The molecule has 1 fully saturated rings. The summed E-state index contributed by atoms with van der Waals surface area (Å²) in [5.41, 5.74) is 6.76. The van der Waals surface area contributed by atoms with Crippen LogP contribution >= 0.6 is 0 Å². The molecule has 3 N–H and O–H groups in total. The molecule has 7 heteroatoms. The Kier molecular flexibility index (Phi) is 5.78. The molecule has 1 amide bonds. The molecule has 0 aliphatic carbocycles. The topological polar surface area (TPSA) is 101 Å². The average molecular weight is 421 g/mol. The molecular weight excluding hydrogens is 392 g/mol. The normalized spacial score (nSPS) is 16.9. The van der Waals surface area contributed by atoms with Crippen LogP contribution in [0.2, 0.25) is 0 Å². The molecule has 1 saturated heterocycles. The quantitative estimate of drug-likeness (QED) is 0.618. The van der Waals surface area contributed by atoms with Gasteiger partial charge in [0.1, 0.15) is 0 Å². The third-order valence-electron chi connectivity index (χ3n) is 6.21. The SMILES string of the molecule is CC(CC(=O)N1CCC(O)(Cn2cnc3cc(N)ccc3c2=O)CC1)c1ccccc1. The largest absolute Gasteiger partial charge is 0.399 e. The van der Waals surface area contributed by atoms with E-state index in [1.807, 2.05) is 35.2 Å². The Bertz CT molecular complexity index is 1130. The number of nitrogen functional groups attached to an aromatic ring is 1. The van der Waals surface area contributed by atoms with Crippen LogP contribution in [0.25, 0.3) is 10.9 Å². The number of aromatic nitrogens is 2. The van der Waals surface area contributed by atoms with Crippen molar-refractivity contribution in [2.45, 2.75) is 44.2 Å². The summed E-state index contributed by atoms with van der Waals surface area (Å²) in [5.74, 6) is 0.242. The van der Waals surface area contributed by atoms with E-state index in [0.717, 1.165) is 5.56 Å². The van der Waals surface area contributed by atoms with E-state index in [1.54, 1.807) is 18.2 Å². The first-order valence-corrected chi connectivity index (χ1v) is 10.6. The molecule has 1 atom stereocenters. The third-order valence-corrected chi connectivity index (χ3v) is 6.21. The molecule has 7 nitrogen and oxygen atoms in total. The zero-order valence-electron chi connectivity index (χ0n) is 17.7. The molecule has 0 bridgehead atoms. The molecule has 162 valence electrons. The number of amides is 1. The smallest absolute Gasteiger partial charge is 0.261 e. The number of rotatable bonds is 5. The molecule has 4 rings (SSSR count). The summed E-state index contributed by atoms with van der Waals surface area (Å²) in [5, 5.41) is 11.6. The summed E-state index contributed by atoms with van der Waals surface area (Å²) in [6, 6.07) is 15.0. The van der Waals surface area contributed by atoms with Crippen LogP contribution in [0.5, 0.6) is 0 Å². The number of aliphatic hydroxyl groups is 1. The van der Waals surface area contributed by atoms with Crippen molar-refractivity contribution in [1.29, 1.82) is 0 Å². The highest BCUT2D eigenvalue weighted by Gasteiger charge is 2.35. The monoisotopic (exact) mass is 420 g/mol. The molecule has 1 aliphatic heterocycles. The van der Waals surface area contributed by atoms with E-state index < -0.39 is 5.60 Å². The second kappa shape index (κ2) is 8.51. The summed E-state index contributed by atoms with van der Waals surface area (Å²) in [4.78, 5) is 31.7. The minimum atomic E-state index is -1.05. The third kappa shape index (κ3) is 4.61. The van der Waals surface area contributed by atoms with Gasteiger partial charge in [-0.2, -0.15) is 0 Å². The van der Waals surface area contributed by atoms with Crippen molar-refractivity contribution in [2.24, 2.45) is 0 Å². The van der Waals surface area contributed by atoms with Crippen molar-refractivity contribution in [1.82, 2.24) is 14.5 Å². The first-order chi connectivity index (χ1) is 14.8. The van der Waals surface area contributed by atoms with Gasteiger partial charge in [0, 0.05) is 25.2 Å². The first-order valence-electron chi connectivity index (χ1n) is 10.6. The van der Waals surface area contributed by atoms with Gasteiger partial charge in [-0.15, -0.1) is 0 Å². The van der Waals surface area contributed by atoms with Crippen LogP contribution in [0, 0.1) is 0 Å². The van der Waals surface area contributed by atoms with Crippen molar-refractivity contribution >= 4 is 22.5 Å². The van der Waals surface area contributed by atoms with Gasteiger partial charge >= 0.3 is 0 Å². The maximum Gasteiger partial charge on any atom is 0.261 e. The molecule has 1 aliphatic rings. The van der Waals surface area contributed by atoms with Crippen LogP contribution in [0.1, 0.15) is 37.7 Å². The number of hydrogen-bond donors (Lipinski definition) is 2. The fourth-order valence-electron chi connectivity index (χ4n) is 4.23. The van der Waals surface area contributed by atoms with Crippen LogP contribution in [-0.2, 0) is 11.3 Å². The van der Waals surface area contributed by atoms with Crippen molar-refractivity contribution in [3.05, 3.63) is 70.8 Å². The van der Waals surface area contributed by atoms with Crippen molar-refractivity contribution in [2.75, 3.05) is 18.8 Å². The highest BCUT2D eigenvalue weighted by Crippen LogP contribution is 2.26.